The molecule has 1 amide bonds. The molecule has 23 heavy (non-hydrogen) atoms. The number of carbonyl (C=O) groups excluding carboxylic acids is 2. The first-order chi connectivity index (χ1) is 10.8. The number of amides is 1. The van der Waals surface area contributed by atoms with E-state index in [-0.39, 0.29) is 24.7 Å². The molecule has 1 aromatic carbocycles. The average Bonchev–Trinajstić information content (AvgIpc) is 2.49. The van der Waals surface area contributed by atoms with Crippen molar-refractivity contribution in [3.8, 4) is 17.6 Å². The highest BCUT2D eigenvalue weighted by molar-refractivity contribution is 6.00. The second-order valence-corrected chi connectivity index (χ2v) is 6.13. The van der Waals surface area contributed by atoms with Gasteiger partial charge in [0, 0.05) is 13.6 Å². The Morgan fingerprint density at radius 3 is 2.91 bits per heavy atom. The molecule has 0 saturated carbocycles. The van der Waals surface area contributed by atoms with Gasteiger partial charge < -0.3 is 14.4 Å². The summed E-state index contributed by atoms with van der Waals surface area (Å²) in [6.07, 6.45) is 0.585. The van der Waals surface area contributed by atoms with E-state index in [0.29, 0.717) is 30.0 Å². The number of benzene rings is 1. The number of ketones is 1. The first-order valence-corrected chi connectivity index (χ1v) is 7.42. The third kappa shape index (κ3) is 4.22. The van der Waals surface area contributed by atoms with Crippen LogP contribution in [0.2, 0.25) is 0 Å². The minimum atomic E-state index is -0.508. The van der Waals surface area contributed by atoms with Crippen LogP contribution in [0.15, 0.2) is 18.2 Å². The molecule has 0 aromatic heterocycles. The molecule has 0 N–H and O–H groups in total. The molecule has 6 nitrogen and oxygen atoms in total. The SMILES string of the molecule is CN(CCC#N)C(=O)COc1ccc2c(c1)C(=O)CC(C)(C)O2. The van der Waals surface area contributed by atoms with Crippen molar-refractivity contribution in [2.24, 2.45) is 0 Å². The van der Waals surface area contributed by atoms with E-state index in [0.717, 1.165) is 0 Å². The summed E-state index contributed by atoms with van der Waals surface area (Å²) < 4.78 is 11.2. The van der Waals surface area contributed by atoms with Crippen molar-refractivity contribution in [2.75, 3.05) is 20.2 Å². The summed E-state index contributed by atoms with van der Waals surface area (Å²) in [5.41, 5.74) is -0.0293. The average molecular weight is 316 g/mol. The Morgan fingerprint density at radius 1 is 1.48 bits per heavy atom. The minimum Gasteiger partial charge on any atom is -0.487 e. The van der Waals surface area contributed by atoms with Gasteiger partial charge in [0.05, 0.1) is 24.5 Å². The molecule has 6 heteroatoms. The Labute approximate surface area is 135 Å². The lowest BCUT2D eigenvalue weighted by molar-refractivity contribution is -0.131. The summed E-state index contributed by atoms with van der Waals surface area (Å²) in [6.45, 7) is 3.97. The zero-order valence-electron chi connectivity index (χ0n) is 13.6. The van der Waals surface area contributed by atoms with E-state index in [4.69, 9.17) is 14.7 Å². The highest BCUT2D eigenvalue weighted by Gasteiger charge is 2.32. The van der Waals surface area contributed by atoms with Crippen LogP contribution in [0.5, 0.6) is 11.5 Å². The summed E-state index contributed by atoms with van der Waals surface area (Å²) in [6, 6.07) is 6.96. The molecular weight excluding hydrogens is 296 g/mol. The Bertz CT molecular complexity index is 661. The lowest BCUT2D eigenvalue weighted by Crippen LogP contribution is -2.36. The van der Waals surface area contributed by atoms with E-state index < -0.39 is 5.60 Å². The molecule has 0 unspecified atom stereocenters. The van der Waals surface area contributed by atoms with Gasteiger partial charge in [0.1, 0.15) is 17.1 Å². The van der Waals surface area contributed by atoms with Crippen LogP contribution >= 0.6 is 0 Å². The van der Waals surface area contributed by atoms with Crippen LogP contribution in [0.25, 0.3) is 0 Å². The largest absolute Gasteiger partial charge is 0.487 e. The fourth-order valence-corrected chi connectivity index (χ4v) is 2.32. The van der Waals surface area contributed by atoms with Crippen molar-refractivity contribution < 1.29 is 19.1 Å². The quantitative estimate of drug-likeness (QED) is 0.832. The number of nitriles is 1. The molecule has 122 valence electrons. The van der Waals surface area contributed by atoms with Gasteiger partial charge >= 0.3 is 0 Å². The number of Topliss-reactive ketones (excluding diaryl/α,β-unsaturated/α-hetero) is 1. The number of fused-ring (bicyclic) bond motifs is 1. The molecular formula is C17H20N2O4. The molecule has 2 rings (SSSR count). The molecule has 0 aliphatic carbocycles. The number of nitrogens with zero attached hydrogens (tertiary/aromatic N) is 2. The molecule has 0 saturated heterocycles. The van der Waals surface area contributed by atoms with Gasteiger partial charge in [-0.15, -0.1) is 0 Å². The topological polar surface area (TPSA) is 79.6 Å². The van der Waals surface area contributed by atoms with E-state index in [1.807, 2.05) is 19.9 Å². The van der Waals surface area contributed by atoms with Gasteiger partial charge in [0.2, 0.25) is 0 Å². The van der Waals surface area contributed by atoms with Gasteiger partial charge in [-0.1, -0.05) is 0 Å². The molecule has 1 aliphatic heterocycles. The van der Waals surface area contributed by atoms with Gasteiger partial charge in [-0.3, -0.25) is 9.59 Å². The van der Waals surface area contributed by atoms with Gasteiger partial charge in [-0.05, 0) is 32.0 Å². The number of ether oxygens (including phenoxy) is 2. The second-order valence-electron chi connectivity index (χ2n) is 6.13. The number of carbonyl (C=O) groups is 2. The maximum atomic E-state index is 12.2. The van der Waals surface area contributed by atoms with Crippen LogP contribution in [-0.2, 0) is 4.79 Å². The number of rotatable bonds is 5. The smallest absolute Gasteiger partial charge is 0.260 e. The van der Waals surface area contributed by atoms with Gasteiger partial charge in [0.25, 0.3) is 5.91 Å². The van der Waals surface area contributed by atoms with Crippen LogP contribution in [0.1, 0.15) is 37.0 Å². The predicted molar refractivity (Wildman–Crippen MR) is 83.5 cm³/mol. The van der Waals surface area contributed by atoms with E-state index in [1.165, 1.54) is 4.90 Å². The Balaban J connectivity index is 2.01. The van der Waals surface area contributed by atoms with Crippen molar-refractivity contribution in [1.82, 2.24) is 4.90 Å². The Kier molecular flexibility index (Phi) is 4.89. The summed E-state index contributed by atoms with van der Waals surface area (Å²) in [5, 5.41) is 8.52. The standard InChI is InChI=1S/C17H20N2O4/c1-17(2)10-14(20)13-9-12(5-6-15(13)23-17)22-11-16(21)19(3)8-4-7-18/h5-6,9H,4,8,10-11H2,1-3H3. The lowest BCUT2D eigenvalue weighted by Gasteiger charge is -2.31. The van der Waals surface area contributed by atoms with Crippen molar-refractivity contribution in [3.05, 3.63) is 23.8 Å². The highest BCUT2D eigenvalue weighted by Crippen LogP contribution is 2.35. The molecule has 0 radical (unpaired) electrons. The van der Waals surface area contributed by atoms with E-state index in [1.54, 1.807) is 25.2 Å². The van der Waals surface area contributed by atoms with E-state index in [9.17, 15) is 9.59 Å². The number of hydrogen-bond donors (Lipinski definition) is 0. The van der Waals surface area contributed by atoms with Crippen LogP contribution in [-0.4, -0.2) is 42.4 Å². The molecule has 1 heterocycles. The monoisotopic (exact) mass is 316 g/mol. The summed E-state index contributed by atoms with van der Waals surface area (Å²) >= 11 is 0. The maximum Gasteiger partial charge on any atom is 0.260 e. The van der Waals surface area contributed by atoms with Gasteiger partial charge in [0.15, 0.2) is 12.4 Å². The highest BCUT2D eigenvalue weighted by atomic mass is 16.5. The third-order valence-corrected chi connectivity index (χ3v) is 3.57. The van der Waals surface area contributed by atoms with Crippen LogP contribution < -0.4 is 9.47 Å². The Morgan fingerprint density at radius 2 is 2.22 bits per heavy atom. The molecule has 0 spiro atoms. The van der Waals surface area contributed by atoms with Crippen LogP contribution in [0.3, 0.4) is 0 Å². The van der Waals surface area contributed by atoms with Crippen LogP contribution in [0, 0.1) is 11.3 Å². The van der Waals surface area contributed by atoms with Crippen molar-refractivity contribution in [1.29, 1.82) is 5.26 Å². The second kappa shape index (κ2) is 6.69. The van der Waals surface area contributed by atoms with Crippen molar-refractivity contribution in [3.63, 3.8) is 0 Å². The normalized spacial score (nSPS) is 15.1. The lowest BCUT2D eigenvalue weighted by atomic mass is 9.93. The zero-order valence-corrected chi connectivity index (χ0v) is 13.6. The summed E-state index contributed by atoms with van der Waals surface area (Å²) in [4.78, 5) is 25.5. The molecule has 1 aliphatic rings. The predicted octanol–water partition coefficient (Wildman–Crippen LogP) is 2.18. The van der Waals surface area contributed by atoms with Crippen LogP contribution in [0.4, 0.5) is 0 Å². The molecule has 1 aromatic rings. The third-order valence-electron chi connectivity index (χ3n) is 3.57. The fraction of sp³-hybridized carbons (Fsp3) is 0.471. The summed E-state index contributed by atoms with van der Waals surface area (Å²) in [7, 11) is 1.62. The van der Waals surface area contributed by atoms with Gasteiger partial charge in [-0.25, -0.2) is 0 Å². The Hall–Kier alpha value is -2.55. The molecule has 0 atom stereocenters. The zero-order chi connectivity index (χ0) is 17.0. The number of likely N-dealkylation sites (N-methyl/N-ethyl adjacent to an activating group) is 1. The van der Waals surface area contributed by atoms with E-state index in [2.05, 4.69) is 0 Å². The summed E-state index contributed by atoms with van der Waals surface area (Å²) in [5.74, 6) is 0.763. The van der Waals surface area contributed by atoms with Crippen molar-refractivity contribution in [2.45, 2.75) is 32.3 Å². The first-order valence-electron chi connectivity index (χ1n) is 7.42. The van der Waals surface area contributed by atoms with Crippen molar-refractivity contribution >= 4 is 11.7 Å². The van der Waals surface area contributed by atoms with Gasteiger partial charge in [-0.2, -0.15) is 5.26 Å². The number of hydrogen-bond acceptors (Lipinski definition) is 5. The van der Waals surface area contributed by atoms with E-state index >= 15 is 0 Å². The first kappa shape index (κ1) is 16.8. The molecule has 0 fully saturated rings. The minimum absolute atomic E-state index is 0.000773. The maximum absolute atomic E-state index is 12.2. The molecule has 0 bridgehead atoms. The fourth-order valence-electron chi connectivity index (χ4n) is 2.32.